The zero-order valence-corrected chi connectivity index (χ0v) is 12.4. The molecule has 0 aliphatic carbocycles. The van der Waals surface area contributed by atoms with Gasteiger partial charge in [0.2, 0.25) is 0 Å². The molecule has 4 heteroatoms. The molecular formula is C15H23ClN2O. The molecule has 1 aliphatic heterocycles. The summed E-state index contributed by atoms with van der Waals surface area (Å²) in [7, 11) is 1.92. The summed E-state index contributed by atoms with van der Waals surface area (Å²) in [6.07, 6.45) is 3.77. The second kappa shape index (κ2) is 7.73. The molecule has 1 heterocycles. The summed E-state index contributed by atoms with van der Waals surface area (Å²) in [4.78, 5) is 2.51. The fourth-order valence-corrected chi connectivity index (χ4v) is 2.73. The van der Waals surface area contributed by atoms with Crippen LogP contribution in [0.15, 0.2) is 18.2 Å². The molecule has 0 radical (unpaired) electrons. The van der Waals surface area contributed by atoms with Crippen molar-refractivity contribution in [2.45, 2.75) is 25.8 Å². The molecule has 0 spiro atoms. The van der Waals surface area contributed by atoms with Crippen molar-refractivity contribution in [3.63, 3.8) is 0 Å². The summed E-state index contributed by atoms with van der Waals surface area (Å²) in [6.45, 7) is 5.14. The van der Waals surface area contributed by atoms with Gasteiger partial charge in [0.05, 0.1) is 6.61 Å². The average molecular weight is 283 g/mol. The fourth-order valence-electron chi connectivity index (χ4n) is 2.50. The van der Waals surface area contributed by atoms with Gasteiger partial charge in [0.25, 0.3) is 0 Å². The van der Waals surface area contributed by atoms with Crippen molar-refractivity contribution in [1.29, 1.82) is 0 Å². The van der Waals surface area contributed by atoms with Gasteiger partial charge in [-0.25, -0.2) is 0 Å². The maximum Gasteiger partial charge on any atom is 0.125 e. The molecule has 106 valence electrons. The predicted octanol–water partition coefficient (Wildman–Crippen LogP) is 2.92. The number of benzene rings is 1. The lowest BCUT2D eigenvalue weighted by molar-refractivity contribution is 0.261. The Morgan fingerprint density at radius 3 is 2.84 bits per heavy atom. The van der Waals surface area contributed by atoms with Crippen molar-refractivity contribution >= 4 is 11.6 Å². The van der Waals surface area contributed by atoms with E-state index in [-0.39, 0.29) is 0 Å². The molecular weight excluding hydrogens is 260 g/mol. The predicted molar refractivity (Wildman–Crippen MR) is 80.0 cm³/mol. The van der Waals surface area contributed by atoms with Crippen LogP contribution in [-0.4, -0.2) is 38.2 Å². The standard InChI is InChI=1S/C15H23ClN2O/c1-17-12-13-14(16)6-4-7-15(13)19-11-5-10-18-8-2-3-9-18/h4,6-7,17H,2-3,5,8-12H2,1H3. The van der Waals surface area contributed by atoms with Gasteiger partial charge in [-0.3, -0.25) is 0 Å². The minimum Gasteiger partial charge on any atom is -0.493 e. The highest BCUT2D eigenvalue weighted by atomic mass is 35.5. The van der Waals surface area contributed by atoms with Gasteiger partial charge in [0.15, 0.2) is 0 Å². The smallest absolute Gasteiger partial charge is 0.125 e. The maximum absolute atomic E-state index is 6.20. The van der Waals surface area contributed by atoms with Crippen LogP contribution in [0.2, 0.25) is 5.02 Å². The second-order valence-electron chi connectivity index (χ2n) is 5.00. The van der Waals surface area contributed by atoms with Gasteiger partial charge < -0.3 is 15.0 Å². The molecule has 1 N–H and O–H groups in total. The van der Waals surface area contributed by atoms with Gasteiger partial charge in [0, 0.05) is 23.7 Å². The highest BCUT2D eigenvalue weighted by molar-refractivity contribution is 6.31. The van der Waals surface area contributed by atoms with Gasteiger partial charge in [-0.05, 0) is 51.5 Å². The minimum absolute atomic E-state index is 0.737. The van der Waals surface area contributed by atoms with Crippen molar-refractivity contribution < 1.29 is 4.74 Å². The Bertz CT molecular complexity index is 392. The SMILES string of the molecule is CNCc1c(Cl)cccc1OCCCN1CCCC1. The second-order valence-corrected chi connectivity index (χ2v) is 5.40. The highest BCUT2D eigenvalue weighted by Crippen LogP contribution is 2.26. The van der Waals surface area contributed by atoms with Crippen molar-refractivity contribution in [2.24, 2.45) is 0 Å². The Morgan fingerprint density at radius 1 is 1.32 bits per heavy atom. The molecule has 0 bridgehead atoms. The summed E-state index contributed by atoms with van der Waals surface area (Å²) in [5, 5.41) is 3.90. The molecule has 0 atom stereocenters. The van der Waals surface area contributed by atoms with E-state index in [1.807, 2.05) is 25.2 Å². The number of likely N-dealkylation sites (tertiary alicyclic amines) is 1. The van der Waals surface area contributed by atoms with Gasteiger partial charge in [-0.15, -0.1) is 0 Å². The molecule has 19 heavy (non-hydrogen) atoms. The molecule has 3 nitrogen and oxygen atoms in total. The van der Waals surface area contributed by atoms with Crippen LogP contribution in [0.1, 0.15) is 24.8 Å². The van der Waals surface area contributed by atoms with Crippen molar-refractivity contribution in [3.05, 3.63) is 28.8 Å². The van der Waals surface area contributed by atoms with Gasteiger partial charge in [-0.1, -0.05) is 17.7 Å². The van der Waals surface area contributed by atoms with Crippen LogP contribution in [0.4, 0.5) is 0 Å². The number of ether oxygens (including phenoxy) is 1. The summed E-state index contributed by atoms with van der Waals surface area (Å²) in [5.74, 6) is 0.906. The number of rotatable bonds is 7. The van der Waals surface area contributed by atoms with E-state index in [0.29, 0.717) is 0 Å². The van der Waals surface area contributed by atoms with Crippen LogP contribution in [0, 0.1) is 0 Å². The molecule has 0 amide bonds. The number of halogens is 1. The lowest BCUT2D eigenvalue weighted by atomic mass is 10.2. The summed E-state index contributed by atoms with van der Waals surface area (Å²) >= 11 is 6.20. The van der Waals surface area contributed by atoms with E-state index in [0.717, 1.165) is 42.5 Å². The topological polar surface area (TPSA) is 24.5 Å². The molecule has 1 saturated heterocycles. The molecule has 0 aromatic heterocycles. The minimum atomic E-state index is 0.737. The van der Waals surface area contributed by atoms with Gasteiger partial charge in [0.1, 0.15) is 5.75 Å². The van der Waals surface area contributed by atoms with Gasteiger partial charge >= 0.3 is 0 Å². The fraction of sp³-hybridized carbons (Fsp3) is 0.600. The van der Waals surface area contributed by atoms with E-state index in [2.05, 4.69) is 10.2 Å². The lowest BCUT2D eigenvalue weighted by Crippen LogP contribution is -2.22. The zero-order chi connectivity index (χ0) is 13.5. The van der Waals surface area contributed by atoms with E-state index in [9.17, 15) is 0 Å². The number of hydrogen-bond acceptors (Lipinski definition) is 3. The summed E-state index contributed by atoms with van der Waals surface area (Å²) in [5.41, 5.74) is 1.05. The quantitative estimate of drug-likeness (QED) is 0.778. The first kappa shape index (κ1) is 14.6. The molecule has 0 unspecified atom stereocenters. The number of nitrogens with zero attached hydrogens (tertiary/aromatic N) is 1. The molecule has 2 rings (SSSR count). The lowest BCUT2D eigenvalue weighted by Gasteiger charge is -2.16. The van der Waals surface area contributed by atoms with Crippen molar-refractivity contribution in [2.75, 3.05) is 33.3 Å². The summed E-state index contributed by atoms with van der Waals surface area (Å²) < 4.78 is 5.88. The van der Waals surface area contributed by atoms with Crippen LogP contribution in [0.5, 0.6) is 5.75 Å². The number of hydrogen-bond donors (Lipinski definition) is 1. The third kappa shape index (κ3) is 4.37. The van der Waals surface area contributed by atoms with Crippen LogP contribution in [0.3, 0.4) is 0 Å². The zero-order valence-electron chi connectivity index (χ0n) is 11.6. The summed E-state index contributed by atoms with van der Waals surface area (Å²) in [6, 6.07) is 5.84. The monoisotopic (exact) mass is 282 g/mol. The molecule has 1 aromatic carbocycles. The highest BCUT2D eigenvalue weighted by Gasteiger charge is 2.11. The van der Waals surface area contributed by atoms with Crippen LogP contribution >= 0.6 is 11.6 Å². The number of nitrogens with one attached hydrogen (secondary N) is 1. The third-order valence-corrected chi connectivity index (χ3v) is 3.86. The van der Waals surface area contributed by atoms with Crippen molar-refractivity contribution in [3.8, 4) is 5.75 Å². The molecule has 1 fully saturated rings. The van der Waals surface area contributed by atoms with Gasteiger partial charge in [-0.2, -0.15) is 0 Å². The van der Waals surface area contributed by atoms with Crippen LogP contribution < -0.4 is 10.1 Å². The van der Waals surface area contributed by atoms with Crippen molar-refractivity contribution in [1.82, 2.24) is 10.2 Å². The largest absolute Gasteiger partial charge is 0.493 e. The van der Waals surface area contributed by atoms with E-state index in [1.165, 1.54) is 25.9 Å². The molecule has 1 aliphatic rings. The van der Waals surface area contributed by atoms with E-state index >= 15 is 0 Å². The van der Waals surface area contributed by atoms with E-state index in [4.69, 9.17) is 16.3 Å². The van der Waals surface area contributed by atoms with E-state index < -0.39 is 0 Å². The maximum atomic E-state index is 6.20. The molecule has 0 saturated carbocycles. The van der Waals surface area contributed by atoms with Crippen LogP contribution in [0.25, 0.3) is 0 Å². The Balaban J connectivity index is 1.79. The first-order valence-electron chi connectivity index (χ1n) is 7.08. The Labute approximate surface area is 120 Å². The first-order chi connectivity index (χ1) is 9.31. The van der Waals surface area contributed by atoms with Crippen LogP contribution in [-0.2, 0) is 6.54 Å². The molecule has 1 aromatic rings. The van der Waals surface area contributed by atoms with E-state index in [1.54, 1.807) is 0 Å². The normalized spacial score (nSPS) is 15.9. The third-order valence-electron chi connectivity index (χ3n) is 3.50. The first-order valence-corrected chi connectivity index (χ1v) is 7.46. The average Bonchev–Trinajstić information content (AvgIpc) is 2.91. The Kier molecular flexibility index (Phi) is 5.95. The Hall–Kier alpha value is -0.770. The Morgan fingerprint density at radius 2 is 2.11 bits per heavy atom.